The van der Waals surface area contributed by atoms with Gasteiger partial charge in [0.2, 0.25) is 0 Å². The van der Waals surface area contributed by atoms with Crippen molar-refractivity contribution in [2.24, 2.45) is 5.10 Å². The zero-order valence-electron chi connectivity index (χ0n) is 18.4. The third-order valence-electron chi connectivity index (χ3n) is 5.01. The number of hydrazone groups is 1. The van der Waals surface area contributed by atoms with E-state index in [4.69, 9.17) is 18.3 Å². The summed E-state index contributed by atoms with van der Waals surface area (Å²) in [6, 6.07) is 15.8. The second-order valence-electron chi connectivity index (χ2n) is 7.11. The summed E-state index contributed by atoms with van der Waals surface area (Å²) in [5.41, 5.74) is 4.97. The number of esters is 1. The molecule has 0 unspecified atom stereocenters. The van der Waals surface area contributed by atoms with Crippen LogP contribution in [0.4, 0.5) is 0 Å². The van der Waals surface area contributed by atoms with Gasteiger partial charge in [-0.15, -0.1) is 0 Å². The number of amides is 1. The van der Waals surface area contributed by atoms with E-state index in [1.165, 1.54) is 13.3 Å². The molecule has 8 heteroatoms. The first-order valence-corrected chi connectivity index (χ1v) is 10.3. The zero-order chi connectivity index (χ0) is 23.4. The lowest BCUT2D eigenvalue weighted by atomic mass is 10.0. The molecule has 0 aliphatic rings. The number of fused-ring (bicyclic) bond motifs is 1. The maximum absolute atomic E-state index is 12.4. The molecule has 4 aromatic rings. The van der Waals surface area contributed by atoms with Crippen molar-refractivity contribution >= 4 is 29.1 Å². The minimum atomic E-state index is -0.492. The van der Waals surface area contributed by atoms with E-state index >= 15 is 0 Å². The number of carbonyl (C=O) groups excluding carboxylic acids is 2. The van der Waals surface area contributed by atoms with Crippen molar-refractivity contribution in [3.8, 4) is 17.1 Å². The predicted octanol–water partition coefficient (Wildman–Crippen LogP) is 4.95. The Hall–Kier alpha value is -4.33. The van der Waals surface area contributed by atoms with Crippen LogP contribution in [0.25, 0.3) is 22.3 Å². The second-order valence-corrected chi connectivity index (χ2v) is 7.11. The lowest BCUT2D eigenvalue weighted by molar-refractivity contribution is 0.0599. The van der Waals surface area contributed by atoms with Crippen molar-refractivity contribution < 1.29 is 27.9 Å². The third kappa shape index (κ3) is 4.64. The number of benzene rings is 2. The highest BCUT2D eigenvalue weighted by atomic mass is 16.5. The first-order valence-electron chi connectivity index (χ1n) is 10.3. The van der Waals surface area contributed by atoms with Gasteiger partial charge in [-0.25, -0.2) is 10.2 Å². The molecule has 0 aliphatic carbocycles. The van der Waals surface area contributed by atoms with E-state index in [9.17, 15) is 9.59 Å². The van der Waals surface area contributed by atoms with Gasteiger partial charge in [0, 0.05) is 10.9 Å². The van der Waals surface area contributed by atoms with Gasteiger partial charge < -0.3 is 18.3 Å². The first kappa shape index (κ1) is 21.9. The Bertz CT molecular complexity index is 1350. The van der Waals surface area contributed by atoms with Gasteiger partial charge in [0.15, 0.2) is 5.76 Å². The molecule has 0 bridgehead atoms. The highest BCUT2D eigenvalue weighted by Crippen LogP contribution is 2.28. The highest BCUT2D eigenvalue weighted by molar-refractivity contribution is 5.97. The molecule has 2 aromatic heterocycles. The molecule has 4 rings (SSSR count). The molecule has 1 amide bonds. The topological polar surface area (TPSA) is 103 Å². The molecule has 168 valence electrons. The van der Waals surface area contributed by atoms with Crippen LogP contribution >= 0.6 is 0 Å². The molecule has 2 aromatic carbocycles. The van der Waals surface area contributed by atoms with Gasteiger partial charge in [-0.05, 0) is 61.9 Å². The molecule has 0 atom stereocenters. The fraction of sp³-hybridized carbons (Fsp3) is 0.160. The molecule has 1 N–H and O–H groups in total. The van der Waals surface area contributed by atoms with Gasteiger partial charge in [0.05, 0.1) is 25.5 Å². The van der Waals surface area contributed by atoms with E-state index < -0.39 is 11.9 Å². The van der Waals surface area contributed by atoms with E-state index in [1.54, 1.807) is 42.5 Å². The van der Waals surface area contributed by atoms with Crippen LogP contribution in [0.5, 0.6) is 5.75 Å². The van der Waals surface area contributed by atoms with Crippen LogP contribution in [0.15, 0.2) is 68.5 Å². The molecule has 0 fully saturated rings. The average Bonchev–Trinajstić information content (AvgIpc) is 3.46. The number of rotatable bonds is 7. The molecule has 0 radical (unpaired) electrons. The number of methoxy groups -OCH3 is 1. The van der Waals surface area contributed by atoms with Crippen LogP contribution in [0.3, 0.4) is 0 Å². The predicted molar refractivity (Wildman–Crippen MR) is 123 cm³/mol. The van der Waals surface area contributed by atoms with Crippen LogP contribution in [0.2, 0.25) is 0 Å². The summed E-state index contributed by atoms with van der Waals surface area (Å²) >= 11 is 0. The number of nitrogens with zero attached hydrogens (tertiary/aromatic N) is 1. The molecule has 0 spiro atoms. The molecule has 0 saturated heterocycles. The molecular formula is C25H22N2O6. The van der Waals surface area contributed by atoms with E-state index in [2.05, 4.69) is 10.5 Å². The van der Waals surface area contributed by atoms with E-state index in [0.717, 1.165) is 16.5 Å². The summed E-state index contributed by atoms with van der Waals surface area (Å²) in [7, 11) is 1.34. The van der Waals surface area contributed by atoms with E-state index in [0.29, 0.717) is 35.0 Å². The van der Waals surface area contributed by atoms with Gasteiger partial charge in [-0.1, -0.05) is 12.1 Å². The standard InChI is InChI=1S/C25H22N2O6/c1-4-31-17-8-10-21-16(12-17)13-23(33-21)24(28)27-26-14-18-9-11-22(32-18)19-6-5-7-20(15(19)2)25(29)30-3/h5-14H,4H2,1-3H3,(H,27,28)/b26-14+. The average molecular weight is 446 g/mol. The molecule has 8 nitrogen and oxygen atoms in total. The van der Waals surface area contributed by atoms with Crippen molar-refractivity contribution in [1.29, 1.82) is 0 Å². The van der Waals surface area contributed by atoms with Crippen LogP contribution in [0, 0.1) is 6.92 Å². The summed E-state index contributed by atoms with van der Waals surface area (Å²) in [6.07, 6.45) is 1.39. The summed E-state index contributed by atoms with van der Waals surface area (Å²) in [5.74, 6) is 0.925. The zero-order valence-corrected chi connectivity index (χ0v) is 18.4. The number of carbonyl (C=O) groups is 2. The van der Waals surface area contributed by atoms with Crippen molar-refractivity contribution in [3.05, 3.63) is 77.2 Å². The minimum Gasteiger partial charge on any atom is -0.494 e. The Morgan fingerprint density at radius 2 is 1.94 bits per heavy atom. The minimum absolute atomic E-state index is 0.131. The quantitative estimate of drug-likeness (QED) is 0.245. The summed E-state index contributed by atoms with van der Waals surface area (Å²) in [6.45, 7) is 4.28. The molecular weight excluding hydrogens is 424 g/mol. The fourth-order valence-electron chi connectivity index (χ4n) is 3.40. The monoisotopic (exact) mass is 446 g/mol. The first-order chi connectivity index (χ1) is 16.0. The number of nitrogens with one attached hydrogen (secondary N) is 1. The van der Waals surface area contributed by atoms with Gasteiger partial charge in [0.25, 0.3) is 0 Å². The normalized spacial score (nSPS) is 11.1. The number of hydrogen-bond donors (Lipinski definition) is 1. The maximum Gasteiger partial charge on any atom is 0.338 e. The van der Waals surface area contributed by atoms with Crippen molar-refractivity contribution in [2.75, 3.05) is 13.7 Å². The number of furan rings is 2. The number of hydrogen-bond acceptors (Lipinski definition) is 7. The largest absolute Gasteiger partial charge is 0.494 e. The van der Waals surface area contributed by atoms with Gasteiger partial charge in [0.1, 0.15) is 22.9 Å². The smallest absolute Gasteiger partial charge is 0.338 e. The van der Waals surface area contributed by atoms with Crippen LogP contribution in [-0.4, -0.2) is 31.8 Å². The van der Waals surface area contributed by atoms with Crippen molar-refractivity contribution in [3.63, 3.8) is 0 Å². The third-order valence-corrected chi connectivity index (χ3v) is 5.01. The van der Waals surface area contributed by atoms with Gasteiger partial charge in [-0.3, -0.25) is 4.79 Å². The van der Waals surface area contributed by atoms with Crippen LogP contribution < -0.4 is 10.2 Å². The highest BCUT2D eigenvalue weighted by Gasteiger charge is 2.15. The van der Waals surface area contributed by atoms with Crippen molar-refractivity contribution in [1.82, 2.24) is 5.43 Å². The summed E-state index contributed by atoms with van der Waals surface area (Å²) in [5, 5.41) is 4.71. The Labute approximate surface area is 189 Å². The van der Waals surface area contributed by atoms with E-state index in [-0.39, 0.29) is 5.76 Å². The van der Waals surface area contributed by atoms with Gasteiger partial charge in [-0.2, -0.15) is 5.10 Å². The lowest BCUT2D eigenvalue weighted by Gasteiger charge is -2.07. The second kappa shape index (κ2) is 9.44. The fourth-order valence-corrected chi connectivity index (χ4v) is 3.40. The summed E-state index contributed by atoms with van der Waals surface area (Å²) < 4.78 is 21.7. The molecule has 2 heterocycles. The Morgan fingerprint density at radius 3 is 2.73 bits per heavy atom. The molecule has 0 aliphatic heterocycles. The summed E-state index contributed by atoms with van der Waals surface area (Å²) in [4.78, 5) is 24.3. The Morgan fingerprint density at radius 1 is 1.09 bits per heavy atom. The SMILES string of the molecule is CCOc1ccc2oc(C(=O)N/N=C/c3ccc(-c4cccc(C(=O)OC)c4C)o3)cc2c1. The number of ether oxygens (including phenoxy) is 2. The van der Waals surface area contributed by atoms with Gasteiger partial charge >= 0.3 is 11.9 Å². The maximum atomic E-state index is 12.4. The Balaban J connectivity index is 1.45. The molecule has 33 heavy (non-hydrogen) atoms. The van der Waals surface area contributed by atoms with Crippen molar-refractivity contribution in [2.45, 2.75) is 13.8 Å². The Kier molecular flexibility index (Phi) is 6.26. The van der Waals surface area contributed by atoms with Crippen LogP contribution in [-0.2, 0) is 4.74 Å². The van der Waals surface area contributed by atoms with E-state index in [1.807, 2.05) is 26.0 Å². The molecule has 0 saturated carbocycles. The van der Waals surface area contributed by atoms with Crippen LogP contribution in [0.1, 0.15) is 39.2 Å². The lowest BCUT2D eigenvalue weighted by Crippen LogP contribution is -2.16.